The standard InChI is InChI=1S/C14H18ClN3O2S/c15-13-2-1-12(21-13)14(19)17-8-10-7-11(18-20-10)9-3-5-16-6-4-9/h1-2,9-10,16H,3-8H2,(H,17,19). The van der Waals surface area contributed by atoms with E-state index in [2.05, 4.69) is 15.8 Å². The maximum Gasteiger partial charge on any atom is 0.261 e. The van der Waals surface area contributed by atoms with E-state index in [1.807, 2.05) is 0 Å². The SMILES string of the molecule is O=C(NCC1CC(C2CCNCC2)=NO1)c1ccc(Cl)s1. The number of amides is 1. The lowest BCUT2D eigenvalue weighted by Crippen LogP contribution is -2.34. The number of nitrogens with one attached hydrogen (secondary N) is 2. The number of carbonyl (C=O) groups excluding carboxylic acids is 1. The number of halogens is 1. The predicted octanol–water partition coefficient (Wildman–Crippen LogP) is 2.28. The minimum Gasteiger partial charge on any atom is -0.390 e. The third-order valence-electron chi connectivity index (χ3n) is 3.85. The summed E-state index contributed by atoms with van der Waals surface area (Å²) in [7, 11) is 0. The zero-order valence-electron chi connectivity index (χ0n) is 11.6. The average Bonchev–Trinajstić information content (AvgIpc) is 3.15. The maximum atomic E-state index is 11.9. The Labute approximate surface area is 132 Å². The molecule has 1 amide bonds. The Hall–Kier alpha value is -1.11. The molecular weight excluding hydrogens is 310 g/mol. The van der Waals surface area contributed by atoms with E-state index in [0.717, 1.165) is 38.1 Å². The van der Waals surface area contributed by atoms with Gasteiger partial charge in [0.25, 0.3) is 5.91 Å². The molecule has 7 heteroatoms. The molecule has 1 atom stereocenters. The Kier molecular flexibility index (Phi) is 4.77. The fourth-order valence-electron chi connectivity index (χ4n) is 2.69. The van der Waals surface area contributed by atoms with Crippen molar-refractivity contribution in [2.24, 2.45) is 11.1 Å². The molecule has 1 unspecified atom stereocenters. The van der Waals surface area contributed by atoms with Crippen molar-refractivity contribution < 1.29 is 9.63 Å². The summed E-state index contributed by atoms with van der Waals surface area (Å²) in [6.45, 7) is 2.57. The van der Waals surface area contributed by atoms with Crippen molar-refractivity contribution in [2.75, 3.05) is 19.6 Å². The van der Waals surface area contributed by atoms with E-state index >= 15 is 0 Å². The van der Waals surface area contributed by atoms with Gasteiger partial charge in [0.2, 0.25) is 0 Å². The van der Waals surface area contributed by atoms with E-state index in [1.165, 1.54) is 11.3 Å². The van der Waals surface area contributed by atoms with Gasteiger partial charge in [-0.05, 0) is 38.1 Å². The molecule has 3 heterocycles. The lowest BCUT2D eigenvalue weighted by molar-refractivity contribution is 0.0755. The summed E-state index contributed by atoms with van der Waals surface area (Å²) in [4.78, 5) is 18.0. The summed E-state index contributed by atoms with van der Waals surface area (Å²) in [6.07, 6.45) is 3.01. The van der Waals surface area contributed by atoms with Gasteiger partial charge < -0.3 is 15.5 Å². The number of hydrogen-bond donors (Lipinski definition) is 2. The molecule has 0 aliphatic carbocycles. The van der Waals surface area contributed by atoms with Gasteiger partial charge in [-0.1, -0.05) is 16.8 Å². The van der Waals surface area contributed by atoms with Crippen LogP contribution in [-0.4, -0.2) is 37.4 Å². The largest absolute Gasteiger partial charge is 0.390 e. The molecular formula is C14H18ClN3O2S. The fourth-order valence-corrected chi connectivity index (χ4v) is 3.65. The molecule has 0 aromatic carbocycles. The van der Waals surface area contributed by atoms with Crippen LogP contribution in [0.15, 0.2) is 17.3 Å². The molecule has 3 rings (SSSR count). The van der Waals surface area contributed by atoms with Crippen LogP contribution in [0.1, 0.15) is 28.9 Å². The molecule has 2 aliphatic rings. The molecule has 5 nitrogen and oxygen atoms in total. The van der Waals surface area contributed by atoms with Gasteiger partial charge in [0.15, 0.2) is 0 Å². The minimum atomic E-state index is -0.106. The van der Waals surface area contributed by atoms with Gasteiger partial charge >= 0.3 is 0 Å². The zero-order valence-corrected chi connectivity index (χ0v) is 13.2. The van der Waals surface area contributed by atoms with Crippen molar-refractivity contribution in [1.82, 2.24) is 10.6 Å². The monoisotopic (exact) mass is 327 g/mol. The number of oxime groups is 1. The molecule has 2 aliphatic heterocycles. The summed E-state index contributed by atoms with van der Waals surface area (Å²) < 4.78 is 0.619. The number of thiophene rings is 1. The zero-order chi connectivity index (χ0) is 14.7. The van der Waals surface area contributed by atoms with E-state index in [0.29, 0.717) is 21.7 Å². The summed E-state index contributed by atoms with van der Waals surface area (Å²) in [6, 6.07) is 3.46. The smallest absolute Gasteiger partial charge is 0.261 e. The van der Waals surface area contributed by atoms with Crippen molar-refractivity contribution in [2.45, 2.75) is 25.4 Å². The first-order valence-electron chi connectivity index (χ1n) is 7.19. The molecule has 2 N–H and O–H groups in total. The highest BCUT2D eigenvalue weighted by atomic mass is 35.5. The van der Waals surface area contributed by atoms with Crippen molar-refractivity contribution in [3.8, 4) is 0 Å². The quantitative estimate of drug-likeness (QED) is 0.891. The third-order valence-corrected chi connectivity index (χ3v) is 5.08. The Morgan fingerprint density at radius 2 is 2.29 bits per heavy atom. The fraction of sp³-hybridized carbons (Fsp3) is 0.571. The molecule has 1 fully saturated rings. The average molecular weight is 328 g/mol. The van der Waals surface area contributed by atoms with Gasteiger partial charge in [0.05, 0.1) is 21.5 Å². The van der Waals surface area contributed by atoms with E-state index in [4.69, 9.17) is 16.4 Å². The predicted molar refractivity (Wildman–Crippen MR) is 84.2 cm³/mol. The van der Waals surface area contributed by atoms with E-state index in [-0.39, 0.29) is 12.0 Å². The highest BCUT2D eigenvalue weighted by molar-refractivity contribution is 7.17. The first-order valence-corrected chi connectivity index (χ1v) is 8.38. The van der Waals surface area contributed by atoms with Gasteiger partial charge in [0, 0.05) is 12.3 Å². The maximum absolute atomic E-state index is 11.9. The lowest BCUT2D eigenvalue weighted by atomic mass is 9.90. The van der Waals surface area contributed by atoms with Crippen LogP contribution in [0.4, 0.5) is 0 Å². The highest BCUT2D eigenvalue weighted by Crippen LogP contribution is 2.23. The van der Waals surface area contributed by atoms with Crippen molar-refractivity contribution >= 4 is 34.6 Å². The number of rotatable bonds is 4. The molecule has 0 saturated carbocycles. The van der Waals surface area contributed by atoms with Crippen LogP contribution in [-0.2, 0) is 4.84 Å². The van der Waals surface area contributed by atoms with Gasteiger partial charge in [-0.2, -0.15) is 0 Å². The van der Waals surface area contributed by atoms with Crippen LogP contribution in [0, 0.1) is 5.92 Å². The summed E-state index contributed by atoms with van der Waals surface area (Å²) in [5.41, 5.74) is 1.15. The first-order chi connectivity index (χ1) is 10.2. The van der Waals surface area contributed by atoms with Crippen molar-refractivity contribution in [3.05, 3.63) is 21.3 Å². The van der Waals surface area contributed by atoms with E-state index in [1.54, 1.807) is 12.1 Å². The molecule has 21 heavy (non-hydrogen) atoms. The van der Waals surface area contributed by atoms with E-state index in [9.17, 15) is 4.79 Å². The number of hydrogen-bond acceptors (Lipinski definition) is 5. The Balaban J connectivity index is 1.44. The molecule has 0 spiro atoms. The van der Waals surface area contributed by atoms with Crippen LogP contribution < -0.4 is 10.6 Å². The summed E-state index contributed by atoms with van der Waals surface area (Å²) in [5, 5.41) is 10.4. The second kappa shape index (κ2) is 6.77. The molecule has 1 aromatic rings. The van der Waals surface area contributed by atoms with Crippen LogP contribution in [0.3, 0.4) is 0 Å². The van der Waals surface area contributed by atoms with Gasteiger partial charge in [-0.15, -0.1) is 11.3 Å². The minimum absolute atomic E-state index is 0.0470. The van der Waals surface area contributed by atoms with Crippen LogP contribution in [0.2, 0.25) is 4.34 Å². The summed E-state index contributed by atoms with van der Waals surface area (Å²) in [5.74, 6) is 0.425. The first kappa shape index (κ1) is 14.8. The van der Waals surface area contributed by atoms with E-state index < -0.39 is 0 Å². The molecule has 114 valence electrons. The van der Waals surface area contributed by atoms with Crippen LogP contribution in [0.25, 0.3) is 0 Å². The summed E-state index contributed by atoms with van der Waals surface area (Å²) >= 11 is 7.11. The Bertz CT molecular complexity index is 540. The topological polar surface area (TPSA) is 62.7 Å². The van der Waals surface area contributed by atoms with Crippen molar-refractivity contribution in [3.63, 3.8) is 0 Å². The number of nitrogens with zero attached hydrogens (tertiary/aromatic N) is 1. The molecule has 1 aromatic heterocycles. The van der Waals surface area contributed by atoms with Crippen LogP contribution in [0.5, 0.6) is 0 Å². The number of carbonyl (C=O) groups is 1. The lowest BCUT2D eigenvalue weighted by Gasteiger charge is -2.21. The second-order valence-corrected chi connectivity index (χ2v) is 7.07. The Morgan fingerprint density at radius 1 is 1.48 bits per heavy atom. The van der Waals surface area contributed by atoms with Crippen molar-refractivity contribution in [1.29, 1.82) is 0 Å². The van der Waals surface area contributed by atoms with Gasteiger partial charge in [-0.25, -0.2) is 0 Å². The highest BCUT2D eigenvalue weighted by Gasteiger charge is 2.28. The molecule has 0 bridgehead atoms. The third kappa shape index (κ3) is 3.75. The molecule has 1 saturated heterocycles. The Morgan fingerprint density at radius 3 is 3.00 bits per heavy atom. The number of piperidine rings is 1. The van der Waals surface area contributed by atoms with Crippen LogP contribution >= 0.6 is 22.9 Å². The van der Waals surface area contributed by atoms with Gasteiger partial charge in [-0.3, -0.25) is 4.79 Å². The second-order valence-electron chi connectivity index (χ2n) is 5.35. The van der Waals surface area contributed by atoms with Gasteiger partial charge in [0.1, 0.15) is 6.10 Å². The molecule has 0 radical (unpaired) electrons. The normalized spacial score (nSPS) is 22.7.